The second kappa shape index (κ2) is 8.24. The van der Waals surface area contributed by atoms with E-state index < -0.39 is 10.0 Å². The van der Waals surface area contributed by atoms with Gasteiger partial charge in [-0.25, -0.2) is 8.42 Å². The first-order valence-electron chi connectivity index (χ1n) is 8.72. The van der Waals surface area contributed by atoms with Gasteiger partial charge in [-0.3, -0.25) is 9.59 Å². The number of methoxy groups -OCH3 is 1. The summed E-state index contributed by atoms with van der Waals surface area (Å²) in [5.74, 6) is 0.0502. The molecule has 0 bridgehead atoms. The monoisotopic (exact) mass is 397 g/mol. The molecule has 0 spiro atoms. The Morgan fingerprint density at radius 3 is 2.37 bits per heavy atom. The maximum absolute atomic E-state index is 13.0. The summed E-state index contributed by atoms with van der Waals surface area (Å²) >= 11 is 0. The number of rotatable bonds is 5. The van der Waals surface area contributed by atoms with Crippen LogP contribution in [0.1, 0.15) is 10.4 Å². The van der Waals surface area contributed by atoms with Crippen LogP contribution in [0.5, 0.6) is 5.75 Å². The summed E-state index contributed by atoms with van der Waals surface area (Å²) < 4.78 is 37.8. The first-order chi connectivity index (χ1) is 13.0. The largest absolute Gasteiger partial charge is 0.496 e. The molecule has 148 valence electrons. The summed E-state index contributed by atoms with van der Waals surface area (Å²) in [4.78, 5) is 26.9. The lowest BCUT2D eigenvalue weighted by molar-refractivity contribution is -0.119. The van der Waals surface area contributed by atoms with Crippen molar-refractivity contribution in [1.29, 1.82) is 0 Å². The zero-order valence-electron chi connectivity index (χ0n) is 15.2. The number of piperazine rings is 1. The van der Waals surface area contributed by atoms with Gasteiger partial charge in [-0.15, -0.1) is 0 Å². The van der Waals surface area contributed by atoms with Crippen LogP contribution in [0.15, 0.2) is 23.1 Å². The van der Waals surface area contributed by atoms with Crippen molar-refractivity contribution in [3.05, 3.63) is 23.8 Å². The van der Waals surface area contributed by atoms with Crippen LogP contribution in [0.2, 0.25) is 0 Å². The van der Waals surface area contributed by atoms with Crippen LogP contribution in [0, 0.1) is 0 Å². The summed E-state index contributed by atoms with van der Waals surface area (Å²) in [6.45, 7) is 2.94. The lowest BCUT2D eigenvalue weighted by Crippen LogP contribution is -2.48. The predicted molar refractivity (Wildman–Crippen MR) is 96.1 cm³/mol. The number of morpholine rings is 1. The van der Waals surface area contributed by atoms with E-state index in [1.165, 1.54) is 34.5 Å². The Bertz CT molecular complexity index is 799. The summed E-state index contributed by atoms with van der Waals surface area (Å²) in [6.07, 6.45) is 0.719. The Kier molecular flexibility index (Phi) is 5.98. The van der Waals surface area contributed by atoms with Crippen molar-refractivity contribution in [3.63, 3.8) is 0 Å². The third kappa shape index (κ3) is 4.07. The summed E-state index contributed by atoms with van der Waals surface area (Å²) in [7, 11) is -2.32. The van der Waals surface area contributed by atoms with E-state index in [4.69, 9.17) is 9.47 Å². The number of amides is 2. The molecule has 2 amide bonds. The Morgan fingerprint density at radius 2 is 1.78 bits per heavy atom. The van der Waals surface area contributed by atoms with Gasteiger partial charge in [-0.1, -0.05) is 0 Å². The highest BCUT2D eigenvalue weighted by Gasteiger charge is 2.30. The van der Waals surface area contributed by atoms with Gasteiger partial charge in [0, 0.05) is 39.3 Å². The summed E-state index contributed by atoms with van der Waals surface area (Å²) in [5, 5.41) is 0. The van der Waals surface area contributed by atoms with Crippen LogP contribution in [-0.4, -0.2) is 94.4 Å². The fourth-order valence-corrected chi connectivity index (χ4v) is 4.60. The Balaban J connectivity index is 1.87. The number of sulfonamides is 1. The first kappa shape index (κ1) is 19.6. The highest BCUT2D eigenvalue weighted by molar-refractivity contribution is 7.89. The van der Waals surface area contributed by atoms with Crippen molar-refractivity contribution in [3.8, 4) is 5.75 Å². The second-order valence-corrected chi connectivity index (χ2v) is 8.25. The van der Waals surface area contributed by atoms with Gasteiger partial charge in [0.25, 0.3) is 5.91 Å². The van der Waals surface area contributed by atoms with Gasteiger partial charge in [-0.2, -0.15) is 4.31 Å². The quantitative estimate of drug-likeness (QED) is 0.629. The van der Waals surface area contributed by atoms with Gasteiger partial charge in [0.1, 0.15) is 5.75 Å². The molecule has 0 unspecified atom stereocenters. The van der Waals surface area contributed by atoms with Gasteiger partial charge in [-0.05, 0) is 18.2 Å². The maximum atomic E-state index is 13.0. The Morgan fingerprint density at radius 1 is 1.11 bits per heavy atom. The zero-order chi connectivity index (χ0) is 19.4. The van der Waals surface area contributed by atoms with Crippen LogP contribution < -0.4 is 4.74 Å². The molecule has 10 heteroatoms. The molecule has 2 saturated heterocycles. The molecular formula is C17H23N3O6S. The highest BCUT2D eigenvalue weighted by atomic mass is 32.2. The highest BCUT2D eigenvalue weighted by Crippen LogP contribution is 2.26. The van der Waals surface area contributed by atoms with Crippen molar-refractivity contribution >= 4 is 22.3 Å². The molecule has 0 aromatic heterocycles. The average Bonchev–Trinajstić information content (AvgIpc) is 2.73. The number of hydrogen-bond donors (Lipinski definition) is 0. The van der Waals surface area contributed by atoms with Crippen LogP contribution in [0.4, 0.5) is 0 Å². The minimum atomic E-state index is -3.77. The molecule has 0 atom stereocenters. The minimum Gasteiger partial charge on any atom is -0.496 e. The molecule has 9 nitrogen and oxygen atoms in total. The first-order valence-corrected chi connectivity index (χ1v) is 10.2. The number of nitrogens with zero attached hydrogens (tertiary/aromatic N) is 3. The Hall–Kier alpha value is -2.17. The number of ether oxygens (including phenoxy) is 2. The van der Waals surface area contributed by atoms with E-state index in [-0.39, 0.29) is 29.5 Å². The third-order valence-electron chi connectivity index (χ3n) is 4.76. The average molecular weight is 397 g/mol. The number of benzene rings is 1. The standard InChI is InChI=1S/C17H23N3O6S/c1-25-16-3-2-14(12-15(16)17(22)19-8-10-26-11-9-19)27(23,24)20-6-4-18(13-21)5-7-20/h2-3,12-13H,4-11H2,1H3. The molecule has 2 fully saturated rings. The number of carbonyl (C=O) groups excluding carboxylic acids is 2. The maximum Gasteiger partial charge on any atom is 0.257 e. The van der Waals surface area contributed by atoms with E-state index in [1.54, 1.807) is 4.90 Å². The van der Waals surface area contributed by atoms with Crippen LogP contribution in [-0.2, 0) is 19.6 Å². The predicted octanol–water partition coefficient (Wildman–Crippen LogP) is -0.370. The molecule has 0 radical (unpaired) electrons. The van der Waals surface area contributed by atoms with E-state index in [1.807, 2.05) is 0 Å². The van der Waals surface area contributed by atoms with Crippen LogP contribution >= 0.6 is 0 Å². The SMILES string of the molecule is COc1ccc(S(=O)(=O)N2CCN(C=O)CC2)cc1C(=O)N1CCOCC1. The molecule has 1 aromatic rings. The topological polar surface area (TPSA) is 96.5 Å². The number of hydrogen-bond acceptors (Lipinski definition) is 6. The minimum absolute atomic E-state index is 0.0412. The van der Waals surface area contributed by atoms with Crippen molar-refractivity contribution in [2.24, 2.45) is 0 Å². The summed E-state index contributed by atoms with van der Waals surface area (Å²) in [6, 6.07) is 4.32. The van der Waals surface area contributed by atoms with Gasteiger partial charge in [0.2, 0.25) is 16.4 Å². The van der Waals surface area contributed by atoms with E-state index in [0.717, 1.165) is 6.41 Å². The molecule has 0 N–H and O–H groups in total. The molecule has 2 heterocycles. The molecule has 3 rings (SSSR count). The van der Waals surface area contributed by atoms with Gasteiger partial charge >= 0.3 is 0 Å². The van der Waals surface area contributed by atoms with Crippen LogP contribution in [0.3, 0.4) is 0 Å². The van der Waals surface area contributed by atoms with Crippen molar-refractivity contribution < 1.29 is 27.5 Å². The van der Waals surface area contributed by atoms with Gasteiger partial charge < -0.3 is 19.3 Å². The molecule has 2 aliphatic heterocycles. The van der Waals surface area contributed by atoms with Crippen molar-refractivity contribution in [2.75, 3.05) is 59.6 Å². The third-order valence-corrected chi connectivity index (χ3v) is 6.65. The number of carbonyl (C=O) groups is 2. The fraction of sp³-hybridized carbons (Fsp3) is 0.529. The van der Waals surface area contributed by atoms with Crippen molar-refractivity contribution in [2.45, 2.75) is 4.90 Å². The molecular weight excluding hydrogens is 374 g/mol. The van der Waals surface area contributed by atoms with Gasteiger partial charge in [0.15, 0.2) is 0 Å². The molecule has 2 aliphatic rings. The summed E-state index contributed by atoms with van der Waals surface area (Å²) in [5.41, 5.74) is 0.215. The molecule has 0 aliphatic carbocycles. The Labute approximate surface area is 158 Å². The molecule has 27 heavy (non-hydrogen) atoms. The lowest BCUT2D eigenvalue weighted by atomic mass is 10.1. The van der Waals surface area contributed by atoms with Crippen LogP contribution in [0.25, 0.3) is 0 Å². The van der Waals surface area contributed by atoms with E-state index in [2.05, 4.69) is 0 Å². The van der Waals surface area contributed by atoms with E-state index in [9.17, 15) is 18.0 Å². The molecule has 0 saturated carbocycles. The zero-order valence-corrected chi connectivity index (χ0v) is 16.0. The van der Waals surface area contributed by atoms with Crippen molar-refractivity contribution in [1.82, 2.24) is 14.1 Å². The van der Waals surface area contributed by atoms with E-state index in [0.29, 0.717) is 45.1 Å². The van der Waals surface area contributed by atoms with Gasteiger partial charge in [0.05, 0.1) is 30.8 Å². The van der Waals surface area contributed by atoms with E-state index >= 15 is 0 Å². The lowest BCUT2D eigenvalue weighted by Gasteiger charge is -2.32. The smallest absolute Gasteiger partial charge is 0.257 e. The normalized spacial score (nSPS) is 19.0. The second-order valence-electron chi connectivity index (χ2n) is 6.31. The molecule has 1 aromatic carbocycles. The fourth-order valence-electron chi connectivity index (χ4n) is 3.15.